The molecule has 0 aliphatic heterocycles. The highest BCUT2D eigenvalue weighted by atomic mass is 35.5. The molecule has 3 heteroatoms. The van der Waals surface area contributed by atoms with Crippen molar-refractivity contribution in [2.75, 3.05) is 0 Å². The molecule has 0 amide bonds. The minimum absolute atomic E-state index is 0.557. The fourth-order valence-electron chi connectivity index (χ4n) is 1.07. The zero-order valence-corrected chi connectivity index (χ0v) is 7.79. The van der Waals surface area contributed by atoms with Gasteiger partial charge in [-0.2, -0.15) is 0 Å². The number of hydrogen-bond donors (Lipinski definition) is 0. The Morgan fingerprint density at radius 2 is 2.45 bits per heavy atom. The summed E-state index contributed by atoms with van der Waals surface area (Å²) in [6.45, 7) is 0. The SMILES string of the molecule is ClCc1csc(CC2CC2)n1. The summed E-state index contributed by atoms with van der Waals surface area (Å²) < 4.78 is 0. The van der Waals surface area contributed by atoms with Crippen molar-refractivity contribution < 1.29 is 0 Å². The number of hydrogen-bond acceptors (Lipinski definition) is 2. The van der Waals surface area contributed by atoms with Crippen LogP contribution in [0.1, 0.15) is 23.5 Å². The molecule has 60 valence electrons. The van der Waals surface area contributed by atoms with Gasteiger partial charge in [-0.3, -0.25) is 0 Å². The van der Waals surface area contributed by atoms with Gasteiger partial charge in [-0.05, 0) is 18.8 Å². The van der Waals surface area contributed by atoms with E-state index in [-0.39, 0.29) is 0 Å². The predicted molar refractivity (Wildman–Crippen MR) is 48.1 cm³/mol. The van der Waals surface area contributed by atoms with E-state index in [1.807, 2.05) is 0 Å². The molecule has 1 saturated carbocycles. The van der Waals surface area contributed by atoms with Gasteiger partial charge in [0.2, 0.25) is 0 Å². The standard InChI is InChI=1S/C8H10ClNS/c9-4-7-5-11-8(10-7)3-6-1-2-6/h5-6H,1-4H2. The van der Waals surface area contributed by atoms with Gasteiger partial charge in [0, 0.05) is 11.8 Å². The summed E-state index contributed by atoms with van der Waals surface area (Å²) in [5.74, 6) is 1.49. The summed E-state index contributed by atoms with van der Waals surface area (Å²) in [5, 5.41) is 3.33. The molecule has 1 nitrogen and oxygen atoms in total. The largest absolute Gasteiger partial charge is 0.245 e. The summed E-state index contributed by atoms with van der Waals surface area (Å²) >= 11 is 7.38. The maximum Gasteiger partial charge on any atom is 0.0931 e. The van der Waals surface area contributed by atoms with Crippen LogP contribution in [-0.4, -0.2) is 4.98 Å². The summed E-state index contributed by atoms with van der Waals surface area (Å²) in [4.78, 5) is 4.40. The van der Waals surface area contributed by atoms with Crippen molar-refractivity contribution in [3.63, 3.8) is 0 Å². The summed E-state index contributed by atoms with van der Waals surface area (Å²) in [5.41, 5.74) is 1.03. The van der Waals surface area contributed by atoms with Crippen LogP contribution in [0.5, 0.6) is 0 Å². The Morgan fingerprint density at radius 3 is 3.00 bits per heavy atom. The third-order valence-corrected chi connectivity index (χ3v) is 3.09. The number of aromatic nitrogens is 1. The van der Waals surface area contributed by atoms with E-state index in [1.165, 1.54) is 24.3 Å². The van der Waals surface area contributed by atoms with Crippen molar-refractivity contribution in [1.82, 2.24) is 4.98 Å². The van der Waals surface area contributed by atoms with Crippen LogP contribution in [0.15, 0.2) is 5.38 Å². The predicted octanol–water partition coefficient (Wildman–Crippen LogP) is 2.83. The van der Waals surface area contributed by atoms with E-state index >= 15 is 0 Å². The molecule has 1 aliphatic carbocycles. The molecule has 1 fully saturated rings. The Kier molecular flexibility index (Phi) is 2.14. The first-order chi connectivity index (χ1) is 5.38. The molecule has 0 N–H and O–H groups in total. The molecule has 0 unspecified atom stereocenters. The van der Waals surface area contributed by atoms with E-state index in [0.29, 0.717) is 5.88 Å². The van der Waals surface area contributed by atoms with Gasteiger partial charge < -0.3 is 0 Å². The van der Waals surface area contributed by atoms with Crippen LogP contribution in [0, 0.1) is 5.92 Å². The van der Waals surface area contributed by atoms with E-state index in [4.69, 9.17) is 11.6 Å². The number of thiazole rings is 1. The van der Waals surface area contributed by atoms with Gasteiger partial charge in [0.25, 0.3) is 0 Å². The average Bonchev–Trinajstić information content (AvgIpc) is 2.68. The molecule has 2 rings (SSSR count). The molecule has 1 aromatic heterocycles. The highest BCUT2D eigenvalue weighted by molar-refractivity contribution is 7.09. The van der Waals surface area contributed by atoms with Gasteiger partial charge in [-0.15, -0.1) is 22.9 Å². The van der Waals surface area contributed by atoms with Gasteiger partial charge in [-0.25, -0.2) is 4.98 Å². The first-order valence-electron chi connectivity index (χ1n) is 3.87. The molecule has 0 bridgehead atoms. The number of halogens is 1. The monoisotopic (exact) mass is 187 g/mol. The van der Waals surface area contributed by atoms with E-state index in [0.717, 1.165) is 11.6 Å². The van der Waals surface area contributed by atoms with E-state index in [9.17, 15) is 0 Å². The van der Waals surface area contributed by atoms with Crippen LogP contribution in [0.25, 0.3) is 0 Å². The third-order valence-electron chi connectivity index (χ3n) is 1.90. The van der Waals surface area contributed by atoms with E-state index in [2.05, 4.69) is 10.4 Å². The molecule has 1 aliphatic rings. The molecule has 0 aromatic carbocycles. The van der Waals surface area contributed by atoms with Crippen molar-refractivity contribution in [3.8, 4) is 0 Å². The highest BCUT2D eigenvalue weighted by Gasteiger charge is 2.22. The normalized spacial score (nSPS) is 17.2. The van der Waals surface area contributed by atoms with Crippen LogP contribution >= 0.6 is 22.9 Å². The van der Waals surface area contributed by atoms with Crippen LogP contribution in [-0.2, 0) is 12.3 Å². The molecule has 0 saturated heterocycles. The zero-order valence-electron chi connectivity index (χ0n) is 6.22. The third kappa shape index (κ3) is 1.94. The Balaban J connectivity index is 1.99. The highest BCUT2D eigenvalue weighted by Crippen LogP contribution is 2.33. The maximum atomic E-state index is 5.64. The topological polar surface area (TPSA) is 12.9 Å². The van der Waals surface area contributed by atoms with Gasteiger partial charge in [0.05, 0.1) is 16.6 Å². The molecular weight excluding hydrogens is 178 g/mol. The van der Waals surface area contributed by atoms with Crippen LogP contribution in [0.2, 0.25) is 0 Å². The average molecular weight is 188 g/mol. The molecule has 1 heterocycles. The van der Waals surface area contributed by atoms with Gasteiger partial charge >= 0.3 is 0 Å². The van der Waals surface area contributed by atoms with Crippen LogP contribution < -0.4 is 0 Å². The second-order valence-corrected chi connectivity index (χ2v) is 4.22. The molecule has 0 spiro atoms. The first kappa shape index (κ1) is 7.56. The van der Waals surface area contributed by atoms with E-state index < -0.39 is 0 Å². The van der Waals surface area contributed by atoms with Crippen molar-refractivity contribution in [3.05, 3.63) is 16.1 Å². The molecule has 0 atom stereocenters. The lowest BCUT2D eigenvalue weighted by Gasteiger charge is -1.88. The lowest BCUT2D eigenvalue weighted by molar-refractivity contribution is 0.820. The fraction of sp³-hybridized carbons (Fsp3) is 0.625. The molecular formula is C8H10ClNS. The maximum absolute atomic E-state index is 5.64. The smallest absolute Gasteiger partial charge is 0.0931 e. The number of alkyl halides is 1. The summed E-state index contributed by atoms with van der Waals surface area (Å²) in [6, 6.07) is 0. The van der Waals surface area contributed by atoms with Crippen LogP contribution in [0.4, 0.5) is 0 Å². The van der Waals surface area contributed by atoms with Crippen molar-refractivity contribution in [1.29, 1.82) is 0 Å². The fourth-order valence-corrected chi connectivity index (χ4v) is 2.21. The minimum Gasteiger partial charge on any atom is -0.245 e. The number of nitrogens with zero attached hydrogens (tertiary/aromatic N) is 1. The van der Waals surface area contributed by atoms with Crippen molar-refractivity contribution in [2.24, 2.45) is 5.92 Å². The lowest BCUT2D eigenvalue weighted by atomic mass is 10.3. The molecule has 11 heavy (non-hydrogen) atoms. The van der Waals surface area contributed by atoms with Gasteiger partial charge in [-0.1, -0.05) is 0 Å². The quantitative estimate of drug-likeness (QED) is 0.664. The Morgan fingerprint density at radius 1 is 1.64 bits per heavy atom. The lowest BCUT2D eigenvalue weighted by Crippen LogP contribution is -1.85. The zero-order chi connectivity index (χ0) is 7.68. The van der Waals surface area contributed by atoms with E-state index in [1.54, 1.807) is 11.3 Å². The van der Waals surface area contributed by atoms with Gasteiger partial charge in [0.1, 0.15) is 0 Å². The Bertz CT molecular complexity index is 242. The summed E-state index contributed by atoms with van der Waals surface area (Å²) in [6.07, 6.45) is 3.98. The van der Waals surface area contributed by atoms with Gasteiger partial charge in [0.15, 0.2) is 0 Å². The van der Waals surface area contributed by atoms with Crippen molar-refractivity contribution in [2.45, 2.75) is 25.1 Å². The molecule has 1 aromatic rings. The Hall–Kier alpha value is -0.0800. The minimum atomic E-state index is 0.557. The second kappa shape index (κ2) is 3.11. The molecule has 0 radical (unpaired) electrons. The van der Waals surface area contributed by atoms with Crippen LogP contribution in [0.3, 0.4) is 0 Å². The van der Waals surface area contributed by atoms with Crippen molar-refractivity contribution >= 4 is 22.9 Å². The second-order valence-electron chi connectivity index (χ2n) is 3.01. The Labute approximate surface area is 75.4 Å². The number of rotatable bonds is 3. The summed E-state index contributed by atoms with van der Waals surface area (Å²) in [7, 11) is 0. The first-order valence-corrected chi connectivity index (χ1v) is 5.29.